The van der Waals surface area contributed by atoms with Crippen molar-refractivity contribution in [3.05, 3.63) is 23.8 Å². The van der Waals surface area contributed by atoms with Crippen molar-refractivity contribution < 1.29 is 29.3 Å². The predicted molar refractivity (Wildman–Crippen MR) is 78.4 cm³/mol. The highest BCUT2D eigenvalue weighted by molar-refractivity contribution is 5.93. The molecule has 0 saturated carbocycles. The fraction of sp³-hybridized carbons (Fsp3) is 0.467. The Kier molecular flexibility index (Phi) is 3.77. The zero-order chi connectivity index (χ0) is 16.7. The summed E-state index contributed by atoms with van der Waals surface area (Å²) in [6, 6.07) is 4.03. The number of aliphatic hydroxyl groups is 1. The van der Waals surface area contributed by atoms with E-state index in [0.717, 1.165) is 10.5 Å². The number of methoxy groups -OCH3 is 2. The second-order valence-electron chi connectivity index (χ2n) is 5.59. The van der Waals surface area contributed by atoms with Crippen LogP contribution >= 0.6 is 0 Å². The Morgan fingerprint density at radius 2 is 2.00 bits per heavy atom. The quantitative estimate of drug-likeness (QED) is 0.765. The number of aliphatic hydroxyl groups excluding tert-OH is 1. The maximum Gasteiger partial charge on any atom is 0.408 e. The Morgan fingerprint density at radius 3 is 2.61 bits per heavy atom. The Balaban J connectivity index is 1.77. The third kappa shape index (κ3) is 2.35. The maximum absolute atomic E-state index is 12.2. The lowest BCUT2D eigenvalue weighted by atomic mass is 9.93. The number of carboxylic acid groups (broad SMARTS) is 1. The van der Waals surface area contributed by atoms with Crippen LogP contribution in [0.5, 0.6) is 11.5 Å². The van der Waals surface area contributed by atoms with Crippen molar-refractivity contribution in [1.82, 2.24) is 9.80 Å². The van der Waals surface area contributed by atoms with Crippen LogP contribution in [0.25, 0.3) is 0 Å². The van der Waals surface area contributed by atoms with Gasteiger partial charge in [0.2, 0.25) is 5.91 Å². The predicted octanol–water partition coefficient (Wildman–Crippen LogP) is 0.138. The van der Waals surface area contributed by atoms with E-state index in [-0.39, 0.29) is 19.0 Å². The number of β-amino-alcohol motifs (C(OH)–C–C–N with tert-alkyl or cyclic N) is 1. The number of fused-ring (bicyclic) bond motifs is 1. The smallest absolute Gasteiger partial charge is 0.408 e. The van der Waals surface area contributed by atoms with Gasteiger partial charge in [-0.15, -0.1) is 0 Å². The molecule has 2 aliphatic heterocycles. The minimum absolute atomic E-state index is 0.0428. The SMILES string of the molecule is COc1ccc(CN2C(=O)[C@@H]3[C@H]2[C@@H](O)CN3C(=O)O)cc1OC. The first-order chi connectivity index (χ1) is 11.0. The average Bonchev–Trinajstić information content (AvgIpc) is 2.86. The van der Waals surface area contributed by atoms with Crippen LogP contribution in [0.3, 0.4) is 0 Å². The van der Waals surface area contributed by atoms with E-state index in [4.69, 9.17) is 14.6 Å². The number of rotatable bonds is 4. The van der Waals surface area contributed by atoms with Crippen LogP contribution in [0.1, 0.15) is 5.56 Å². The molecule has 1 aromatic rings. The van der Waals surface area contributed by atoms with Gasteiger partial charge in [0.15, 0.2) is 11.5 Å². The highest BCUT2D eigenvalue weighted by Crippen LogP contribution is 2.36. The molecular formula is C15H18N2O6. The van der Waals surface area contributed by atoms with E-state index in [1.807, 2.05) is 0 Å². The van der Waals surface area contributed by atoms with Crippen molar-refractivity contribution >= 4 is 12.0 Å². The molecule has 2 amide bonds. The number of carbonyl (C=O) groups excluding carboxylic acids is 1. The third-order valence-electron chi connectivity index (χ3n) is 4.38. The molecule has 2 heterocycles. The number of hydrogen-bond donors (Lipinski definition) is 2. The summed E-state index contributed by atoms with van der Waals surface area (Å²) >= 11 is 0. The van der Waals surface area contributed by atoms with Crippen LogP contribution in [0.4, 0.5) is 4.79 Å². The van der Waals surface area contributed by atoms with Crippen LogP contribution in [-0.2, 0) is 11.3 Å². The van der Waals surface area contributed by atoms with Crippen molar-refractivity contribution in [3.63, 3.8) is 0 Å². The lowest BCUT2D eigenvalue weighted by Crippen LogP contribution is -2.68. The van der Waals surface area contributed by atoms with E-state index < -0.39 is 24.3 Å². The Morgan fingerprint density at radius 1 is 1.30 bits per heavy atom. The van der Waals surface area contributed by atoms with Gasteiger partial charge in [-0.25, -0.2) is 4.79 Å². The van der Waals surface area contributed by atoms with Gasteiger partial charge in [-0.2, -0.15) is 0 Å². The largest absolute Gasteiger partial charge is 0.493 e. The van der Waals surface area contributed by atoms with Gasteiger partial charge in [0.25, 0.3) is 0 Å². The van der Waals surface area contributed by atoms with Crippen molar-refractivity contribution in [3.8, 4) is 11.5 Å². The Bertz CT molecular complexity index is 649. The molecule has 0 bridgehead atoms. The van der Waals surface area contributed by atoms with Crippen molar-refractivity contribution in [2.75, 3.05) is 20.8 Å². The lowest BCUT2D eigenvalue weighted by Gasteiger charge is -2.45. The number of ether oxygens (including phenoxy) is 2. The molecular weight excluding hydrogens is 304 g/mol. The van der Waals surface area contributed by atoms with Gasteiger partial charge >= 0.3 is 6.09 Å². The summed E-state index contributed by atoms with van der Waals surface area (Å²) in [5, 5.41) is 19.1. The molecule has 8 nitrogen and oxygen atoms in total. The van der Waals surface area contributed by atoms with Crippen LogP contribution in [0.2, 0.25) is 0 Å². The first-order valence-corrected chi connectivity index (χ1v) is 7.17. The topological polar surface area (TPSA) is 99.5 Å². The molecule has 3 atom stereocenters. The molecule has 3 rings (SSSR count). The molecule has 2 aliphatic rings. The Hall–Kier alpha value is -2.48. The maximum atomic E-state index is 12.2. The molecule has 2 N–H and O–H groups in total. The van der Waals surface area contributed by atoms with Gasteiger partial charge in [-0.3, -0.25) is 9.69 Å². The normalized spacial score (nSPS) is 25.9. The fourth-order valence-corrected chi connectivity index (χ4v) is 3.27. The number of amides is 2. The van der Waals surface area contributed by atoms with Gasteiger partial charge in [0.1, 0.15) is 6.04 Å². The summed E-state index contributed by atoms with van der Waals surface area (Å²) in [5.74, 6) is 0.847. The van der Waals surface area contributed by atoms with E-state index in [0.29, 0.717) is 11.5 Å². The molecule has 8 heteroatoms. The molecule has 0 spiro atoms. The van der Waals surface area contributed by atoms with E-state index in [9.17, 15) is 14.7 Å². The molecule has 124 valence electrons. The molecule has 0 aromatic heterocycles. The first-order valence-electron chi connectivity index (χ1n) is 7.17. The van der Waals surface area contributed by atoms with Crippen LogP contribution in [0, 0.1) is 0 Å². The highest BCUT2D eigenvalue weighted by atomic mass is 16.5. The van der Waals surface area contributed by atoms with Crippen molar-refractivity contribution in [1.29, 1.82) is 0 Å². The van der Waals surface area contributed by atoms with Gasteiger partial charge < -0.3 is 24.6 Å². The summed E-state index contributed by atoms with van der Waals surface area (Å²) < 4.78 is 10.4. The third-order valence-corrected chi connectivity index (χ3v) is 4.38. The summed E-state index contributed by atoms with van der Waals surface area (Å²) in [6.07, 6.45) is -2.05. The first kappa shape index (κ1) is 15.4. The van der Waals surface area contributed by atoms with Crippen LogP contribution < -0.4 is 9.47 Å². The Labute approximate surface area is 132 Å². The minimum Gasteiger partial charge on any atom is -0.493 e. The van der Waals surface area contributed by atoms with Crippen LogP contribution in [-0.4, -0.2) is 71.0 Å². The zero-order valence-electron chi connectivity index (χ0n) is 12.8. The average molecular weight is 322 g/mol. The highest BCUT2D eigenvalue weighted by Gasteiger charge is 2.60. The second-order valence-corrected chi connectivity index (χ2v) is 5.59. The van der Waals surface area contributed by atoms with Gasteiger partial charge in [0.05, 0.1) is 32.9 Å². The minimum atomic E-state index is -1.18. The fourth-order valence-electron chi connectivity index (χ4n) is 3.27. The van der Waals surface area contributed by atoms with Crippen molar-refractivity contribution in [2.24, 2.45) is 0 Å². The number of β-lactam (4-membered cyclic amide) rings is 1. The second kappa shape index (κ2) is 5.62. The van der Waals surface area contributed by atoms with Crippen LogP contribution in [0.15, 0.2) is 18.2 Å². The molecule has 0 radical (unpaired) electrons. The number of hydrogen-bond acceptors (Lipinski definition) is 5. The summed E-state index contributed by atoms with van der Waals surface area (Å²) in [4.78, 5) is 25.9. The number of carbonyl (C=O) groups is 2. The monoisotopic (exact) mass is 322 g/mol. The summed E-state index contributed by atoms with van der Waals surface area (Å²) in [6.45, 7) is 0.240. The standard InChI is InChI=1S/C15H18N2O6/c1-22-10-4-3-8(5-11(10)23-2)6-16-12-9(18)7-17(15(20)21)13(12)14(16)19/h3-5,9,12-13,18H,6-7H2,1-2H3,(H,20,21)/t9-,12+,13-/m0/s1. The molecule has 2 saturated heterocycles. The summed E-state index contributed by atoms with van der Waals surface area (Å²) in [5.41, 5.74) is 0.815. The lowest BCUT2D eigenvalue weighted by molar-refractivity contribution is -0.157. The molecule has 23 heavy (non-hydrogen) atoms. The number of benzene rings is 1. The van der Waals surface area contributed by atoms with Crippen molar-refractivity contribution in [2.45, 2.75) is 24.7 Å². The molecule has 2 fully saturated rings. The van der Waals surface area contributed by atoms with Gasteiger partial charge in [-0.1, -0.05) is 6.07 Å². The number of likely N-dealkylation sites (tertiary alicyclic amines) is 2. The van der Waals surface area contributed by atoms with Gasteiger partial charge in [0, 0.05) is 6.54 Å². The summed E-state index contributed by atoms with van der Waals surface area (Å²) in [7, 11) is 3.06. The molecule has 0 aliphatic carbocycles. The van der Waals surface area contributed by atoms with E-state index in [1.54, 1.807) is 18.2 Å². The van der Waals surface area contributed by atoms with E-state index in [2.05, 4.69) is 0 Å². The molecule has 1 aromatic carbocycles. The van der Waals surface area contributed by atoms with E-state index >= 15 is 0 Å². The van der Waals surface area contributed by atoms with Gasteiger partial charge in [-0.05, 0) is 17.7 Å². The number of nitrogens with zero attached hydrogens (tertiary/aromatic N) is 2. The zero-order valence-corrected chi connectivity index (χ0v) is 12.8. The van der Waals surface area contributed by atoms with E-state index in [1.165, 1.54) is 19.1 Å². The molecule has 0 unspecified atom stereocenters.